The predicted molar refractivity (Wildman–Crippen MR) is 80.3 cm³/mol. The molecule has 0 aromatic rings. The minimum Gasteiger partial charge on any atom is -0.455 e. The topological polar surface area (TPSA) is 127 Å². The third kappa shape index (κ3) is 10.8. The van der Waals surface area contributed by atoms with E-state index in [1.54, 1.807) is 0 Å². The lowest BCUT2D eigenvalue weighted by Crippen LogP contribution is -2.52. The van der Waals surface area contributed by atoms with Crippen LogP contribution >= 0.6 is 0 Å². The van der Waals surface area contributed by atoms with Crippen LogP contribution in [0, 0.1) is 0 Å². The number of alkyl halides is 12. The van der Waals surface area contributed by atoms with E-state index in [1.807, 2.05) is 0 Å². The van der Waals surface area contributed by atoms with Crippen molar-refractivity contribution < 1.29 is 95.6 Å². The molecule has 10 nitrogen and oxygen atoms in total. The van der Waals surface area contributed by atoms with Crippen molar-refractivity contribution in [3.8, 4) is 0 Å². The summed E-state index contributed by atoms with van der Waals surface area (Å²) in [6.45, 7) is -2.32. The maximum absolute atomic E-state index is 12.6. The Kier molecular flexibility index (Phi) is 10.8. The zero-order valence-electron chi connectivity index (χ0n) is 16.7. The quantitative estimate of drug-likeness (QED) is 0.136. The molecule has 0 amide bonds. The second kappa shape index (κ2) is 12.0. The number of halogens is 12. The van der Waals surface area contributed by atoms with Crippen LogP contribution in [0.15, 0.2) is 5.16 Å². The van der Waals surface area contributed by atoms with Gasteiger partial charge in [-0.3, -0.25) is 0 Å². The van der Waals surface area contributed by atoms with E-state index >= 15 is 0 Å². The molecule has 0 aromatic heterocycles. The van der Waals surface area contributed by atoms with Gasteiger partial charge in [0.25, 0.3) is 0 Å². The molecule has 0 fully saturated rings. The number of esters is 4. The van der Waals surface area contributed by atoms with Crippen molar-refractivity contribution in [3.05, 3.63) is 0 Å². The Labute approximate surface area is 189 Å². The molecule has 0 rings (SSSR count). The molecule has 0 radical (unpaired) electrons. The summed E-state index contributed by atoms with van der Waals surface area (Å²) in [4.78, 5) is 48.1. The number of ether oxygens (including phenoxy) is 4. The number of carbonyl (C=O) groups excluding carboxylic acids is 4. The largest absolute Gasteiger partial charge is 0.490 e. The number of hydrogen-bond acceptors (Lipinski definition) is 10. The summed E-state index contributed by atoms with van der Waals surface area (Å²) in [7, 11) is 0.613. The van der Waals surface area contributed by atoms with Crippen LogP contribution in [0.5, 0.6) is 0 Å². The summed E-state index contributed by atoms with van der Waals surface area (Å²) in [6.07, 6.45) is -34.3. The van der Waals surface area contributed by atoms with Gasteiger partial charge in [0.2, 0.25) is 0 Å². The first-order valence-electron chi connectivity index (χ1n) is 8.15. The molecule has 0 N–H and O–H groups in total. The van der Waals surface area contributed by atoms with Crippen molar-refractivity contribution in [1.29, 1.82) is 0 Å². The zero-order valence-corrected chi connectivity index (χ0v) is 16.7. The highest BCUT2D eigenvalue weighted by molar-refractivity contribution is 5.80. The first kappa shape index (κ1) is 32.5. The second-order valence-corrected chi connectivity index (χ2v) is 5.71. The molecule has 0 heterocycles. The molecule has 0 aliphatic carbocycles. The van der Waals surface area contributed by atoms with E-state index in [0.29, 0.717) is 7.11 Å². The summed E-state index contributed by atoms with van der Waals surface area (Å²) in [5.41, 5.74) is 0. The van der Waals surface area contributed by atoms with E-state index in [-0.39, 0.29) is 6.21 Å². The van der Waals surface area contributed by atoms with Gasteiger partial charge in [0.05, 0.1) is 6.21 Å². The molecule has 0 saturated heterocycles. The Morgan fingerprint density at radius 2 is 1.06 bits per heavy atom. The molecular formula is C14H9F12NO9. The van der Waals surface area contributed by atoms with Gasteiger partial charge in [-0.2, -0.15) is 52.7 Å². The van der Waals surface area contributed by atoms with E-state index < -0.39 is 73.5 Å². The lowest BCUT2D eigenvalue weighted by molar-refractivity contribution is -0.236. The Morgan fingerprint density at radius 1 is 0.667 bits per heavy atom. The van der Waals surface area contributed by atoms with Gasteiger partial charge >= 0.3 is 48.6 Å². The van der Waals surface area contributed by atoms with E-state index in [1.165, 1.54) is 0 Å². The van der Waals surface area contributed by atoms with Crippen LogP contribution in [0.25, 0.3) is 0 Å². The minimum absolute atomic E-state index is 0.238. The molecule has 36 heavy (non-hydrogen) atoms. The van der Waals surface area contributed by atoms with Crippen LogP contribution in [0.4, 0.5) is 52.7 Å². The summed E-state index contributed by atoms with van der Waals surface area (Å²) >= 11 is 0. The van der Waals surface area contributed by atoms with E-state index in [0.717, 1.165) is 0 Å². The molecule has 0 spiro atoms. The third-order valence-corrected chi connectivity index (χ3v) is 3.05. The van der Waals surface area contributed by atoms with Crippen molar-refractivity contribution in [2.45, 2.75) is 43.0 Å². The van der Waals surface area contributed by atoms with Crippen molar-refractivity contribution >= 4 is 30.1 Å². The Morgan fingerprint density at radius 3 is 1.44 bits per heavy atom. The van der Waals surface area contributed by atoms with Crippen LogP contribution in [-0.2, 0) is 43.0 Å². The second-order valence-electron chi connectivity index (χ2n) is 5.71. The summed E-state index contributed by atoms with van der Waals surface area (Å²) in [5.74, 6) is -13.4. The molecule has 22 heteroatoms. The van der Waals surface area contributed by atoms with E-state index in [4.69, 9.17) is 0 Å². The Bertz CT molecular complexity index is 831. The highest BCUT2D eigenvalue weighted by Gasteiger charge is 2.52. The number of carbonyl (C=O) groups is 4. The van der Waals surface area contributed by atoms with Crippen molar-refractivity contribution in [3.63, 3.8) is 0 Å². The smallest absolute Gasteiger partial charge is 0.455 e. The van der Waals surface area contributed by atoms with Gasteiger partial charge in [-0.1, -0.05) is 5.16 Å². The van der Waals surface area contributed by atoms with Crippen LogP contribution in [0.1, 0.15) is 0 Å². The summed E-state index contributed by atoms with van der Waals surface area (Å²) < 4.78 is 164. The third-order valence-electron chi connectivity index (χ3n) is 3.05. The molecule has 208 valence electrons. The summed E-state index contributed by atoms with van der Waals surface area (Å²) in [5, 5.41) is 2.65. The molecule has 0 aliphatic heterocycles. The average molecular weight is 563 g/mol. The molecule has 3 atom stereocenters. The van der Waals surface area contributed by atoms with Crippen molar-refractivity contribution in [2.75, 3.05) is 13.7 Å². The predicted octanol–water partition coefficient (Wildman–Crippen LogP) is 2.15. The van der Waals surface area contributed by atoms with Crippen LogP contribution in [0.3, 0.4) is 0 Å². The van der Waals surface area contributed by atoms with Gasteiger partial charge in [-0.05, 0) is 0 Å². The van der Waals surface area contributed by atoms with Gasteiger partial charge in [0, 0.05) is 0 Å². The zero-order chi connectivity index (χ0) is 28.7. The fourth-order valence-electron chi connectivity index (χ4n) is 1.68. The van der Waals surface area contributed by atoms with Gasteiger partial charge in [-0.15, -0.1) is 0 Å². The highest BCUT2D eigenvalue weighted by atomic mass is 19.4. The van der Waals surface area contributed by atoms with Crippen LogP contribution in [-0.4, -0.2) is 86.8 Å². The lowest BCUT2D eigenvalue weighted by Gasteiger charge is -2.30. The molecule has 0 bridgehead atoms. The first-order chi connectivity index (χ1) is 16.0. The molecule has 0 aromatic carbocycles. The number of rotatable bonds is 9. The fourth-order valence-corrected chi connectivity index (χ4v) is 1.68. The maximum atomic E-state index is 12.6. The Balaban J connectivity index is 6.63. The molecule has 3 unspecified atom stereocenters. The molecular weight excluding hydrogens is 554 g/mol. The van der Waals surface area contributed by atoms with E-state index in [2.05, 4.69) is 28.9 Å². The lowest BCUT2D eigenvalue weighted by atomic mass is 10.1. The van der Waals surface area contributed by atoms with Gasteiger partial charge in [0.15, 0.2) is 18.3 Å². The maximum Gasteiger partial charge on any atom is 0.490 e. The van der Waals surface area contributed by atoms with Crippen molar-refractivity contribution in [2.24, 2.45) is 5.16 Å². The number of oxime groups is 1. The number of nitrogens with zero attached hydrogens (tertiary/aromatic N) is 1. The minimum atomic E-state index is -6.07. The van der Waals surface area contributed by atoms with Crippen LogP contribution in [0.2, 0.25) is 0 Å². The monoisotopic (exact) mass is 563 g/mol. The molecule has 0 aliphatic rings. The fraction of sp³-hybridized carbons (Fsp3) is 0.643. The number of hydrogen-bond donors (Lipinski definition) is 0. The van der Waals surface area contributed by atoms with Crippen LogP contribution < -0.4 is 0 Å². The SMILES string of the molecule is CON=CC(OC(=O)C(F)(F)F)C(OC(=O)C(F)(F)F)C(COC(=O)C(F)(F)F)OC(=O)C(F)(F)F. The summed E-state index contributed by atoms with van der Waals surface area (Å²) in [6, 6.07) is 0. The van der Waals surface area contributed by atoms with E-state index in [9.17, 15) is 71.9 Å². The molecule has 0 saturated carbocycles. The van der Waals surface area contributed by atoms with Gasteiger partial charge in [-0.25, -0.2) is 19.2 Å². The van der Waals surface area contributed by atoms with Gasteiger partial charge < -0.3 is 23.8 Å². The Hall–Kier alpha value is -3.49. The highest BCUT2D eigenvalue weighted by Crippen LogP contribution is 2.26. The standard InChI is InChI=1S/C14H9F12NO9/c1-32-27-2-4(34-8(29)12(18,19)20)6(36-10(31)14(24,25)26)5(35-9(30)13(21,22)23)3-33-7(28)11(15,16)17/h2,4-6H,3H2,1H3. The first-order valence-corrected chi connectivity index (χ1v) is 8.15. The normalized spacial score (nSPS) is 15.5. The average Bonchev–Trinajstić information content (AvgIpc) is 2.68. The van der Waals surface area contributed by atoms with Gasteiger partial charge in [0.1, 0.15) is 13.7 Å². The van der Waals surface area contributed by atoms with Crippen molar-refractivity contribution in [1.82, 2.24) is 0 Å².